The maximum Gasteiger partial charge on any atom is 0.416 e. The molecule has 0 amide bonds. The smallest absolute Gasteiger partial charge is 0.416 e. The highest BCUT2D eigenvalue weighted by molar-refractivity contribution is 5.72. The van der Waals surface area contributed by atoms with Gasteiger partial charge in [0.1, 0.15) is 11.6 Å². The van der Waals surface area contributed by atoms with E-state index in [-0.39, 0.29) is 23.0 Å². The second kappa shape index (κ2) is 7.17. The van der Waals surface area contributed by atoms with Gasteiger partial charge in [-0.15, -0.1) is 5.10 Å². The van der Waals surface area contributed by atoms with Crippen LogP contribution in [0.4, 0.5) is 18.9 Å². The first kappa shape index (κ1) is 20.0. The average Bonchev–Trinajstić information content (AvgIpc) is 3.15. The Morgan fingerprint density at radius 3 is 2.55 bits per heavy atom. The Hall–Kier alpha value is -4.33. The molecule has 0 bridgehead atoms. The number of halogens is 3. The third-order valence-corrected chi connectivity index (χ3v) is 4.86. The number of nitrogens with zero attached hydrogens (tertiary/aromatic N) is 3. The minimum absolute atomic E-state index is 0.0136. The Morgan fingerprint density at radius 1 is 1.23 bits per heavy atom. The van der Waals surface area contributed by atoms with Crippen molar-refractivity contribution in [2.24, 2.45) is 5.73 Å². The summed E-state index contributed by atoms with van der Waals surface area (Å²) in [6, 6.07) is 11.9. The van der Waals surface area contributed by atoms with Crippen LogP contribution < -0.4 is 10.5 Å². The topological polar surface area (TPSA) is 131 Å². The molecule has 156 valence electrons. The second-order valence-corrected chi connectivity index (χ2v) is 6.67. The lowest BCUT2D eigenvalue weighted by molar-refractivity contribution is -0.384. The van der Waals surface area contributed by atoms with Gasteiger partial charge in [0.05, 0.1) is 27.7 Å². The number of hydrogen-bond donors (Lipinski definition) is 2. The molecule has 0 saturated carbocycles. The number of allylic oxidation sites excluding steroid dienone is 1. The lowest BCUT2D eigenvalue weighted by atomic mass is 9.82. The molecule has 1 aliphatic rings. The van der Waals surface area contributed by atoms with E-state index in [9.17, 15) is 28.5 Å². The molecule has 31 heavy (non-hydrogen) atoms. The zero-order chi connectivity index (χ0) is 22.3. The van der Waals surface area contributed by atoms with Crippen molar-refractivity contribution in [2.45, 2.75) is 12.1 Å². The van der Waals surface area contributed by atoms with Crippen molar-refractivity contribution in [3.63, 3.8) is 0 Å². The van der Waals surface area contributed by atoms with Crippen LogP contribution in [0.15, 0.2) is 60.0 Å². The van der Waals surface area contributed by atoms with Crippen LogP contribution in [0, 0.1) is 21.4 Å². The number of nitrogens with one attached hydrogen (secondary N) is 1. The van der Waals surface area contributed by atoms with Crippen LogP contribution in [0.3, 0.4) is 0 Å². The summed E-state index contributed by atoms with van der Waals surface area (Å²) >= 11 is 0. The fourth-order valence-corrected chi connectivity index (χ4v) is 3.44. The van der Waals surface area contributed by atoms with E-state index in [2.05, 4.69) is 10.2 Å². The third-order valence-electron chi connectivity index (χ3n) is 4.86. The van der Waals surface area contributed by atoms with E-state index in [0.717, 1.165) is 12.1 Å². The van der Waals surface area contributed by atoms with Crippen LogP contribution in [0.25, 0.3) is 11.3 Å². The molecule has 0 fully saturated rings. The van der Waals surface area contributed by atoms with Gasteiger partial charge in [0.2, 0.25) is 11.8 Å². The van der Waals surface area contributed by atoms with Crippen LogP contribution in [0.5, 0.6) is 5.88 Å². The number of aromatic amines is 1. The van der Waals surface area contributed by atoms with Crippen molar-refractivity contribution in [2.75, 3.05) is 0 Å². The monoisotopic (exact) mass is 427 g/mol. The molecule has 11 heteroatoms. The van der Waals surface area contributed by atoms with Gasteiger partial charge in [0.15, 0.2) is 0 Å². The highest BCUT2D eigenvalue weighted by Gasteiger charge is 2.37. The summed E-state index contributed by atoms with van der Waals surface area (Å²) in [6.07, 6.45) is -4.52. The summed E-state index contributed by atoms with van der Waals surface area (Å²) in [7, 11) is 0. The molecule has 2 aromatic carbocycles. The maximum atomic E-state index is 13.0. The van der Waals surface area contributed by atoms with E-state index in [0.29, 0.717) is 22.4 Å². The number of hydrogen-bond acceptors (Lipinski definition) is 6. The lowest BCUT2D eigenvalue weighted by Gasteiger charge is -2.24. The number of aromatic nitrogens is 2. The van der Waals surface area contributed by atoms with Gasteiger partial charge in [0.25, 0.3) is 5.69 Å². The van der Waals surface area contributed by atoms with E-state index in [1.807, 2.05) is 6.07 Å². The van der Waals surface area contributed by atoms with Gasteiger partial charge >= 0.3 is 6.18 Å². The van der Waals surface area contributed by atoms with E-state index in [1.54, 1.807) is 6.07 Å². The molecule has 1 atom stereocenters. The molecule has 2 heterocycles. The summed E-state index contributed by atoms with van der Waals surface area (Å²) in [5.74, 6) is -1.08. The summed E-state index contributed by atoms with van der Waals surface area (Å²) in [4.78, 5) is 10.6. The fourth-order valence-electron chi connectivity index (χ4n) is 3.44. The van der Waals surface area contributed by atoms with Gasteiger partial charge in [-0.25, -0.2) is 0 Å². The van der Waals surface area contributed by atoms with Crippen molar-refractivity contribution in [3.8, 4) is 23.2 Å². The summed E-state index contributed by atoms with van der Waals surface area (Å²) in [6.45, 7) is 0. The van der Waals surface area contributed by atoms with Crippen molar-refractivity contribution in [1.82, 2.24) is 10.2 Å². The van der Waals surface area contributed by atoms with Crippen LogP contribution in [-0.2, 0) is 6.18 Å². The zero-order valence-electron chi connectivity index (χ0n) is 15.5. The molecule has 0 aliphatic carbocycles. The Bertz CT molecular complexity index is 1260. The first-order chi connectivity index (χ1) is 14.7. The predicted octanol–water partition coefficient (Wildman–Crippen LogP) is 4.22. The molecule has 0 saturated heterocycles. The first-order valence-electron chi connectivity index (χ1n) is 8.78. The van der Waals surface area contributed by atoms with E-state index < -0.39 is 22.6 Å². The zero-order valence-corrected chi connectivity index (χ0v) is 15.5. The van der Waals surface area contributed by atoms with Gasteiger partial charge in [0, 0.05) is 17.7 Å². The van der Waals surface area contributed by atoms with Crippen molar-refractivity contribution in [1.29, 1.82) is 5.26 Å². The summed E-state index contributed by atoms with van der Waals surface area (Å²) < 4.78 is 44.3. The van der Waals surface area contributed by atoms with Gasteiger partial charge in [-0.05, 0) is 17.7 Å². The van der Waals surface area contributed by atoms with Crippen LogP contribution in [-0.4, -0.2) is 15.1 Å². The van der Waals surface area contributed by atoms with Crippen molar-refractivity contribution >= 4 is 5.69 Å². The van der Waals surface area contributed by atoms with Gasteiger partial charge in [-0.3, -0.25) is 15.2 Å². The number of nitro benzene ring substituents is 1. The number of fused-ring (bicyclic) bond motifs is 1. The Balaban J connectivity index is 1.89. The van der Waals surface area contributed by atoms with E-state index >= 15 is 0 Å². The predicted molar refractivity (Wildman–Crippen MR) is 101 cm³/mol. The van der Waals surface area contributed by atoms with E-state index in [4.69, 9.17) is 10.5 Å². The third kappa shape index (κ3) is 3.44. The number of non-ortho nitro benzene ring substituents is 1. The van der Waals surface area contributed by atoms with Crippen LogP contribution >= 0.6 is 0 Å². The normalized spacial score (nSPS) is 15.7. The fraction of sp³-hybridized carbons (Fsp3) is 0.100. The van der Waals surface area contributed by atoms with Gasteiger partial charge in [-0.2, -0.15) is 18.4 Å². The Labute approximate surface area is 172 Å². The molecule has 8 nitrogen and oxygen atoms in total. The minimum Gasteiger partial charge on any atom is -0.420 e. The number of ether oxygens (including phenoxy) is 1. The number of nitrogens with two attached hydrogens (primary N) is 1. The molecular formula is C20H12F3N5O3. The molecule has 0 spiro atoms. The number of nitriles is 1. The molecule has 0 radical (unpaired) electrons. The molecule has 1 aliphatic heterocycles. The molecular weight excluding hydrogens is 415 g/mol. The highest BCUT2D eigenvalue weighted by Crippen LogP contribution is 2.46. The minimum atomic E-state index is -4.52. The largest absolute Gasteiger partial charge is 0.420 e. The summed E-state index contributed by atoms with van der Waals surface area (Å²) in [5.41, 5.74) is 6.24. The summed E-state index contributed by atoms with van der Waals surface area (Å²) in [5, 5.41) is 27.6. The maximum absolute atomic E-state index is 13.0. The van der Waals surface area contributed by atoms with Crippen LogP contribution in [0.2, 0.25) is 0 Å². The number of H-pyrrole nitrogens is 1. The van der Waals surface area contributed by atoms with Gasteiger partial charge in [-0.1, -0.05) is 24.3 Å². The first-order valence-corrected chi connectivity index (χ1v) is 8.78. The molecule has 4 rings (SSSR count). The van der Waals surface area contributed by atoms with Crippen LogP contribution in [0.1, 0.15) is 22.6 Å². The van der Waals surface area contributed by atoms with E-state index in [1.165, 1.54) is 30.3 Å². The Morgan fingerprint density at radius 2 is 1.94 bits per heavy atom. The molecule has 1 unspecified atom stereocenters. The second-order valence-electron chi connectivity index (χ2n) is 6.67. The van der Waals surface area contributed by atoms with Crippen molar-refractivity contribution in [3.05, 3.63) is 86.8 Å². The number of nitro groups is 1. The standard InChI is InChI=1S/C20H12F3N5O3/c21-20(22,23)12-6-4-10(5-7-12)15-14(9-24)18(25)31-19-16(15)17(26-27-19)11-2-1-3-13(8-11)28(29)30/h1-8,15H,25H2,(H,26,27). The average molecular weight is 427 g/mol. The number of rotatable bonds is 3. The number of benzene rings is 2. The molecule has 3 aromatic rings. The number of alkyl halides is 3. The SMILES string of the molecule is N#CC1=C(N)Oc2n[nH]c(-c3cccc([N+](=O)[O-])c3)c2C1c1ccc(C(F)(F)F)cc1. The highest BCUT2D eigenvalue weighted by atomic mass is 19.4. The van der Waals surface area contributed by atoms with Crippen molar-refractivity contribution < 1.29 is 22.8 Å². The quantitative estimate of drug-likeness (QED) is 0.475. The van der Waals surface area contributed by atoms with Gasteiger partial charge < -0.3 is 10.5 Å². The molecule has 3 N–H and O–H groups in total. The Kier molecular flexibility index (Phi) is 4.62. The lowest BCUT2D eigenvalue weighted by Crippen LogP contribution is -2.21. The molecule has 1 aromatic heterocycles.